The Balaban J connectivity index is 1.46. The summed E-state index contributed by atoms with van der Waals surface area (Å²) in [4.78, 5) is 3.71. The molecular formula is C21H15F3N8O2. The first kappa shape index (κ1) is 20.2. The zero-order chi connectivity index (χ0) is 23.3. The lowest BCUT2D eigenvalue weighted by atomic mass is 10.0. The highest BCUT2D eigenvalue weighted by atomic mass is 19.4. The van der Waals surface area contributed by atoms with Crippen LogP contribution in [0, 0.1) is 0 Å². The second-order valence-corrected chi connectivity index (χ2v) is 7.56. The summed E-state index contributed by atoms with van der Waals surface area (Å²) in [6.07, 6.45) is -1.46. The van der Waals surface area contributed by atoms with Crippen molar-refractivity contribution in [1.82, 2.24) is 35.0 Å². The van der Waals surface area contributed by atoms with Crippen LogP contribution in [-0.4, -0.2) is 48.2 Å². The van der Waals surface area contributed by atoms with Gasteiger partial charge in [0.2, 0.25) is 5.95 Å². The minimum atomic E-state index is -4.69. The van der Waals surface area contributed by atoms with Gasteiger partial charge in [-0.05, 0) is 51.9 Å². The van der Waals surface area contributed by atoms with Crippen LogP contribution in [0.4, 0.5) is 19.1 Å². The maximum Gasteiger partial charge on any atom is 0.453 e. The Labute approximate surface area is 189 Å². The van der Waals surface area contributed by atoms with Gasteiger partial charge in [-0.1, -0.05) is 18.2 Å². The van der Waals surface area contributed by atoms with Gasteiger partial charge in [0, 0.05) is 5.70 Å². The first-order chi connectivity index (χ1) is 16.5. The lowest BCUT2D eigenvalue weighted by Crippen LogP contribution is -2.21. The van der Waals surface area contributed by atoms with E-state index < -0.39 is 18.0 Å². The molecular weight excluding hydrogens is 453 g/mol. The fraction of sp³-hybridized carbons (Fsp3) is 0.190. The minimum Gasteiger partial charge on any atom is -0.486 e. The fourth-order valence-electron chi connectivity index (χ4n) is 3.86. The molecule has 0 fully saturated rings. The molecule has 34 heavy (non-hydrogen) atoms. The van der Waals surface area contributed by atoms with Crippen molar-refractivity contribution in [2.24, 2.45) is 0 Å². The SMILES string of the molecule is FC(F)(F)c1nc2n(n1)C(c1ccc3c(c1)OCCO3)C=C(c1cccc(-n3cnnn3)c1)N2. The van der Waals surface area contributed by atoms with Crippen LogP contribution in [0.5, 0.6) is 11.5 Å². The lowest BCUT2D eigenvalue weighted by Gasteiger charge is -2.26. The third kappa shape index (κ3) is 3.50. The number of fused-ring (bicyclic) bond motifs is 2. The Morgan fingerprint density at radius 2 is 1.88 bits per heavy atom. The maximum absolute atomic E-state index is 13.4. The van der Waals surface area contributed by atoms with E-state index in [1.807, 2.05) is 18.2 Å². The van der Waals surface area contributed by atoms with Gasteiger partial charge in [-0.3, -0.25) is 0 Å². The standard InChI is InChI=1S/C21H15F3N8O2/c22-21(23,24)19-27-20-26-15(12-2-1-3-14(8-12)31-11-25-29-30-31)10-16(32(20)28-19)13-4-5-17-18(9-13)34-7-6-33-17/h1-5,8-11,16H,6-7H2,(H,26,27,28). The van der Waals surface area contributed by atoms with Crippen LogP contribution in [0.2, 0.25) is 0 Å². The van der Waals surface area contributed by atoms with E-state index in [9.17, 15) is 13.2 Å². The molecule has 1 unspecified atom stereocenters. The van der Waals surface area contributed by atoms with Gasteiger partial charge >= 0.3 is 6.18 Å². The quantitative estimate of drug-likeness (QED) is 0.489. The van der Waals surface area contributed by atoms with Gasteiger partial charge in [-0.2, -0.15) is 18.2 Å². The zero-order valence-electron chi connectivity index (χ0n) is 17.3. The maximum atomic E-state index is 13.4. The van der Waals surface area contributed by atoms with Gasteiger partial charge < -0.3 is 14.8 Å². The molecule has 0 saturated heterocycles. The average molecular weight is 468 g/mol. The van der Waals surface area contributed by atoms with Gasteiger partial charge in [0.1, 0.15) is 25.6 Å². The number of rotatable bonds is 3. The molecule has 4 aromatic rings. The predicted molar refractivity (Wildman–Crippen MR) is 111 cm³/mol. The molecule has 0 spiro atoms. The summed E-state index contributed by atoms with van der Waals surface area (Å²) in [6, 6.07) is 11.8. The van der Waals surface area contributed by atoms with E-state index in [2.05, 4.69) is 30.9 Å². The monoisotopic (exact) mass is 468 g/mol. The van der Waals surface area contributed by atoms with Crippen molar-refractivity contribution in [3.8, 4) is 17.2 Å². The number of nitrogens with one attached hydrogen (secondary N) is 1. The van der Waals surface area contributed by atoms with Crippen molar-refractivity contribution in [1.29, 1.82) is 0 Å². The Hall–Kier alpha value is -4.42. The van der Waals surface area contributed by atoms with Crippen LogP contribution >= 0.6 is 0 Å². The molecule has 6 rings (SSSR count). The Bertz CT molecular complexity index is 1400. The molecule has 13 heteroatoms. The van der Waals surface area contributed by atoms with Gasteiger partial charge in [0.05, 0.1) is 5.69 Å². The third-order valence-electron chi connectivity index (χ3n) is 5.40. The second-order valence-electron chi connectivity index (χ2n) is 7.56. The highest BCUT2D eigenvalue weighted by Gasteiger charge is 2.39. The molecule has 0 bridgehead atoms. The summed E-state index contributed by atoms with van der Waals surface area (Å²) in [6.45, 7) is 0.823. The Morgan fingerprint density at radius 3 is 2.68 bits per heavy atom. The summed E-state index contributed by atoms with van der Waals surface area (Å²) in [5, 5.41) is 17.9. The van der Waals surface area contributed by atoms with E-state index in [4.69, 9.17) is 9.47 Å². The normalized spacial score (nSPS) is 17.0. The molecule has 0 saturated carbocycles. The smallest absolute Gasteiger partial charge is 0.453 e. The van der Waals surface area contributed by atoms with Crippen molar-refractivity contribution in [3.05, 3.63) is 71.8 Å². The molecule has 2 aliphatic heterocycles. The van der Waals surface area contributed by atoms with Crippen molar-refractivity contribution in [2.75, 3.05) is 18.5 Å². The molecule has 0 radical (unpaired) electrons. The Morgan fingerprint density at radius 1 is 1.03 bits per heavy atom. The number of allylic oxidation sites excluding steroid dienone is 1. The summed E-state index contributed by atoms with van der Waals surface area (Å²) in [5.74, 6) is -0.153. The van der Waals surface area contributed by atoms with E-state index in [1.54, 1.807) is 30.3 Å². The molecule has 1 atom stereocenters. The minimum absolute atomic E-state index is 0.0301. The van der Waals surface area contributed by atoms with Crippen LogP contribution in [0.15, 0.2) is 54.9 Å². The number of alkyl halides is 3. The van der Waals surface area contributed by atoms with E-state index >= 15 is 0 Å². The van der Waals surface area contributed by atoms with Crippen molar-refractivity contribution in [2.45, 2.75) is 12.2 Å². The van der Waals surface area contributed by atoms with E-state index in [-0.39, 0.29) is 5.95 Å². The summed E-state index contributed by atoms with van der Waals surface area (Å²) < 4.78 is 54.2. The van der Waals surface area contributed by atoms with Crippen LogP contribution in [-0.2, 0) is 6.18 Å². The van der Waals surface area contributed by atoms with Gasteiger partial charge in [0.15, 0.2) is 11.5 Å². The first-order valence-electron chi connectivity index (χ1n) is 10.2. The lowest BCUT2D eigenvalue weighted by molar-refractivity contribution is -0.145. The molecule has 4 heterocycles. The van der Waals surface area contributed by atoms with Crippen LogP contribution in [0.3, 0.4) is 0 Å². The molecule has 2 aliphatic rings. The molecule has 0 aliphatic carbocycles. The molecule has 0 amide bonds. The molecule has 1 N–H and O–H groups in total. The second kappa shape index (κ2) is 7.57. The predicted octanol–water partition coefficient (Wildman–Crippen LogP) is 3.10. The average Bonchev–Trinajstić information content (AvgIpc) is 3.53. The number of hydrogen-bond acceptors (Lipinski definition) is 8. The number of nitrogens with zero attached hydrogens (tertiary/aromatic N) is 7. The number of aromatic nitrogens is 7. The van der Waals surface area contributed by atoms with Crippen LogP contribution in [0.1, 0.15) is 23.0 Å². The van der Waals surface area contributed by atoms with Crippen LogP contribution in [0.25, 0.3) is 11.4 Å². The Kier molecular flexibility index (Phi) is 4.50. The summed E-state index contributed by atoms with van der Waals surface area (Å²) >= 11 is 0. The molecule has 10 nitrogen and oxygen atoms in total. The number of tetrazole rings is 1. The van der Waals surface area contributed by atoms with Gasteiger partial charge in [-0.15, -0.1) is 10.2 Å². The fourth-order valence-corrected chi connectivity index (χ4v) is 3.86. The largest absolute Gasteiger partial charge is 0.486 e. The van der Waals surface area contributed by atoms with E-state index in [0.29, 0.717) is 47.2 Å². The van der Waals surface area contributed by atoms with Crippen molar-refractivity contribution in [3.63, 3.8) is 0 Å². The van der Waals surface area contributed by atoms with Crippen molar-refractivity contribution >= 4 is 11.6 Å². The number of benzene rings is 2. The summed E-state index contributed by atoms with van der Waals surface area (Å²) in [7, 11) is 0. The number of anilines is 1. The number of hydrogen-bond donors (Lipinski definition) is 1. The molecule has 172 valence electrons. The highest BCUT2D eigenvalue weighted by molar-refractivity contribution is 5.78. The topological polar surface area (TPSA) is 105 Å². The third-order valence-corrected chi connectivity index (χ3v) is 5.40. The summed E-state index contributed by atoms with van der Waals surface area (Å²) in [5.41, 5.74) is 2.62. The number of ether oxygens (including phenoxy) is 2. The highest BCUT2D eigenvalue weighted by Crippen LogP contribution is 2.39. The van der Waals surface area contributed by atoms with Crippen LogP contribution < -0.4 is 14.8 Å². The van der Waals surface area contributed by atoms with E-state index in [0.717, 1.165) is 0 Å². The number of halogens is 3. The van der Waals surface area contributed by atoms with E-state index in [1.165, 1.54) is 15.7 Å². The first-order valence-corrected chi connectivity index (χ1v) is 10.2. The van der Waals surface area contributed by atoms with Gasteiger partial charge in [0.25, 0.3) is 5.82 Å². The molecule has 2 aromatic heterocycles. The van der Waals surface area contributed by atoms with Gasteiger partial charge in [-0.25, -0.2) is 9.36 Å². The molecule has 2 aromatic carbocycles. The zero-order valence-corrected chi connectivity index (χ0v) is 17.3. The van der Waals surface area contributed by atoms with Crippen molar-refractivity contribution < 1.29 is 22.6 Å².